The molecule has 2 rings (SSSR count). The summed E-state index contributed by atoms with van der Waals surface area (Å²) >= 11 is 0. The van der Waals surface area contributed by atoms with E-state index in [1.807, 2.05) is 20.8 Å². The van der Waals surface area contributed by atoms with Gasteiger partial charge >= 0.3 is 0 Å². The fourth-order valence-electron chi connectivity index (χ4n) is 2.13. The Bertz CT molecular complexity index is 428. The minimum absolute atomic E-state index is 0.124. The number of H-pyrrole nitrogens is 1. The zero-order valence-corrected chi connectivity index (χ0v) is 11.9. The smallest absolute Gasteiger partial charge is 0.290 e. The van der Waals surface area contributed by atoms with Crippen molar-refractivity contribution in [3.63, 3.8) is 0 Å². The molecular formula is C13H23N5O. The second-order valence-corrected chi connectivity index (χ2v) is 6.16. The summed E-state index contributed by atoms with van der Waals surface area (Å²) in [7, 11) is 0. The molecule has 6 heteroatoms. The van der Waals surface area contributed by atoms with Crippen molar-refractivity contribution < 1.29 is 4.79 Å². The second-order valence-electron chi connectivity index (χ2n) is 6.16. The summed E-state index contributed by atoms with van der Waals surface area (Å²) in [5, 5.41) is 13.0. The lowest BCUT2D eigenvalue weighted by molar-refractivity contribution is 0.0941. The molecule has 106 valence electrons. The van der Waals surface area contributed by atoms with Crippen LogP contribution in [0.5, 0.6) is 0 Å². The van der Waals surface area contributed by atoms with E-state index in [1.165, 1.54) is 6.42 Å². The predicted octanol–water partition coefficient (Wildman–Crippen LogP) is 0.832. The molecule has 1 aromatic rings. The van der Waals surface area contributed by atoms with Gasteiger partial charge in [0, 0.05) is 12.0 Å². The van der Waals surface area contributed by atoms with Gasteiger partial charge in [-0.15, -0.1) is 5.10 Å². The Balaban J connectivity index is 1.81. The third-order valence-electron chi connectivity index (χ3n) is 3.40. The summed E-state index contributed by atoms with van der Waals surface area (Å²) in [5.74, 6) is 1.45. The van der Waals surface area contributed by atoms with E-state index in [4.69, 9.17) is 0 Å². The molecule has 1 aliphatic rings. The summed E-state index contributed by atoms with van der Waals surface area (Å²) in [6.07, 6.45) is 2.21. The van der Waals surface area contributed by atoms with Gasteiger partial charge in [-0.2, -0.15) is 0 Å². The molecule has 0 radical (unpaired) electrons. The molecular weight excluding hydrogens is 242 g/mol. The number of hydrogen-bond donors (Lipinski definition) is 3. The van der Waals surface area contributed by atoms with Gasteiger partial charge in [0.05, 0.1) is 0 Å². The molecule has 0 aromatic carbocycles. The summed E-state index contributed by atoms with van der Waals surface area (Å²) in [6.45, 7) is 8.93. The van der Waals surface area contributed by atoms with E-state index in [1.54, 1.807) is 0 Å². The van der Waals surface area contributed by atoms with Gasteiger partial charge in [0.1, 0.15) is 5.82 Å². The van der Waals surface area contributed by atoms with Crippen LogP contribution in [0.1, 0.15) is 50.1 Å². The fraction of sp³-hybridized carbons (Fsp3) is 0.769. The summed E-state index contributed by atoms with van der Waals surface area (Å²) in [4.78, 5) is 16.1. The second kappa shape index (κ2) is 5.69. The lowest BCUT2D eigenvalue weighted by Gasteiger charge is -2.12. The fourth-order valence-corrected chi connectivity index (χ4v) is 2.13. The van der Waals surface area contributed by atoms with Gasteiger partial charge in [0.2, 0.25) is 5.82 Å². The minimum atomic E-state index is -0.197. The molecule has 1 fully saturated rings. The number of amides is 1. The monoisotopic (exact) mass is 265 g/mol. The van der Waals surface area contributed by atoms with Crippen molar-refractivity contribution in [1.29, 1.82) is 0 Å². The van der Waals surface area contributed by atoms with Crippen LogP contribution in [-0.4, -0.2) is 40.7 Å². The van der Waals surface area contributed by atoms with E-state index < -0.39 is 0 Å². The van der Waals surface area contributed by atoms with Gasteiger partial charge in [-0.1, -0.05) is 20.8 Å². The van der Waals surface area contributed by atoms with Crippen LogP contribution in [0.3, 0.4) is 0 Å². The van der Waals surface area contributed by atoms with Gasteiger partial charge < -0.3 is 10.6 Å². The molecule has 0 spiro atoms. The molecule has 1 aromatic heterocycles. The quantitative estimate of drug-likeness (QED) is 0.753. The average Bonchev–Trinajstić information content (AvgIpc) is 2.99. The number of hydrogen-bond acceptors (Lipinski definition) is 4. The van der Waals surface area contributed by atoms with Crippen molar-refractivity contribution in [3.8, 4) is 0 Å². The number of nitrogens with one attached hydrogen (secondary N) is 3. The molecule has 6 nitrogen and oxygen atoms in total. The highest BCUT2D eigenvalue weighted by Gasteiger charge is 2.21. The number of aromatic nitrogens is 3. The summed E-state index contributed by atoms with van der Waals surface area (Å²) < 4.78 is 0. The highest BCUT2D eigenvalue weighted by atomic mass is 16.2. The lowest BCUT2D eigenvalue weighted by Crippen LogP contribution is -2.27. The first kappa shape index (κ1) is 14.0. The van der Waals surface area contributed by atoms with E-state index >= 15 is 0 Å². The van der Waals surface area contributed by atoms with Crippen molar-refractivity contribution in [2.75, 3.05) is 19.6 Å². The average molecular weight is 265 g/mol. The largest absolute Gasteiger partial charge is 0.349 e. The number of nitrogens with zero attached hydrogens (tertiary/aromatic N) is 2. The van der Waals surface area contributed by atoms with E-state index in [0.717, 1.165) is 25.3 Å². The van der Waals surface area contributed by atoms with Gasteiger partial charge in [0.25, 0.3) is 5.91 Å². The summed E-state index contributed by atoms with van der Waals surface area (Å²) in [5.41, 5.74) is -0.124. The molecule has 1 aliphatic heterocycles. The van der Waals surface area contributed by atoms with Gasteiger partial charge in [0.15, 0.2) is 0 Å². The molecule has 0 saturated carbocycles. The third-order valence-corrected chi connectivity index (χ3v) is 3.40. The molecule has 0 aliphatic carbocycles. The standard InChI is InChI=1S/C13H23N5O/c1-13(2,3)12-16-10(17-18-12)11(19)15-7-5-9-4-6-14-8-9/h9,14H,4-8H2,1-3H3,(H,15,19)(H,16,17,18). The number of carbonyl (C=O) groups excluding carboxylic acids is 1. The Hall–Kier alpha value is -1.43. The predicted molar refractivity (Wildman–Crippen MR) is 73.0 cm³/mol. The Morgan fingerprint density at radius 2 is 2.26 bits per heavy atom. The van der Waals surface area contributed by atoms with Crippen LogP contribution in [0.4, 0.5) is 0 Å². The molecule has 1 saturated heterocycles. The first-order valence-electron chi connectivity index (χ1n) is 6.88. The normalized spacial score (nSPS) is 19.6. The van der Waals surface area contributed by atoms with Gasteiger partial charge in [-0.05, 0) is 31.8 Å². The molecule has 1 unspecified atom stereocenters. The van der Waals surface area contributed by atoms with Crippen LogP contribution >= 0.6 is 0 Å². The van der Waals surface area contributed by atoms with E-state index in [-0.39, 0.29) is 17.1 Å². The van der Waals surface area contributed by atoms with E-state index in [2.05, 4.69) is 25.8 Å². The van der Waals surface area contributed by atoms with Gasteiger partial charge in [-0.3, -0.25) is 9.89 Å². The van der Waals surface area contributed by atoms with Crippen molar-refractivity contribution >= 4 is 5.91 Å². The SMILES string of the molecule is CC(C)(C)c1nc(C(=O)NCCC2CCNC2)n[nH]1. The maximum Gasteiger partial charge on any atom is 0.290 e. The zero-order chi connectivity index (χ0) is 13.9. The Morgan fingerprint density at radius 1 is 1.47 bits per heavy atom. The van der Waals surface area contributed by atoms with Crippen LogP contribution < -0.4 is 10.6 Å². The van der Waals surface area contributed by atoms with E-state index in [9.17, 15) is 4.79 Å². The minimum Gasteiger partial charge on any atom is -0.349 e. The highest BCUT2D eigenvalue weighted by Crippen LogP contribution is 2.17. The maximum absolute atomic E-state index is 11.9. The summed E-state index contributed by atoms with van der Waals surface area (Å²) in [6, 6.07) is 0. The highest BCUT2D eigenvalue weighted by molar-refractivity contribution is 5.90. The number of rotatable bonds is 4. The number of aromatic amines is 1. The number of carbonyl (C=O) groups is 1. The van der Waals surface area contributed by atoms with E-state index in [0.29, 0.717) is 12.5 Å². The van der Waals surface area contributed by atoms with Crippen LogP contribution in [0.2, 0.25) is 0 Å². The van der Waals surface area contributed by atoms with Crippen molar-refractivity contribution in [1.82, 2.24) is 25.8 Å². The Kier molecular flexibility index (Phi) is 4.19. The van der Waals surface area contributed by atoms with Gasteiger partial charge in [-0.25, -0.2) is 4.98 Å². The topological polar surface area (TPSA) is 82.7 Å². The third kappa shape index (κ3) is 3.76. The molecule has 19 heavy (non-hydrogen) atoms. The molecule has 1 atom stereocenters. The zero-order valence-electron chi connectivity index (χ0n) is 11.9. The van der Waals surface area contributed by atoms with Crippen molar-refractivity contribution in [2.24, 2.45) is 5.92 Å². The van der Waals surface area contributed by atoms with Crippen LogP contribution in [0, 0.1) is 5.92 Å². The molecule has 2 heterocycles. The van der Waals surface area contributed by atoms with Crippen LogP contribution in [-0.2, 0) is 5.41 Å². The molecule has 0 bridgehead atoms. The molecule has 3 N–H and O–H groups in total. The molecule has 1 amide bonds. The van der Waals surface area contributed by atoms with Crippen molar-refractivity contribution in [2.45, 2.75) is 39.0 Å². The van der Waals surface area contributed by atoms with Crippen LogP contribution in [0.25, 0.3) is 0 Å². The lowest BCUT2D eigenvalue weighted by atomic mass is 9.96. The Morgan fingerprint density at radius 3 is 2.84 bits per heavy atom. The van der Waals surface area contributed by atoms with Crippen LogP contribution in [0.15, 0.2) is 0 Å². The Labute approximate surface area is 113 Å². The maximum atomic E-state index is 11.9. The first-order chi connectivity index (χ1) is 8.97. The van der Waals surface area contributed by atoms with Crippen molar-refractivity contribution in [3.05, 3.63) is 11.6 Å². The first-order valence-corrected chi connectivity index (χ1v) is 6.88.